The highest BCUT2D eigenvalue weighted by Crippen LogP contribution is 2.31. The van der Waals surface area contributed by atoms with Crippen LogP contribution in [0.1, 0.15) is 21.5 Å². The SMILES string of the molecule is COc1ccc(NC(=O)c2ccc(-c3cccc(C)c3)[nH]c2=O)cc1OCc1cccnc1. The predicted octanol–water partition coefficient (Wildman–Crippen LogP) is 4.59. The van der Waals surface area contributed by atoms with E-state index in [0.29, 0.717) is 29.5 Å². The molecule has 0 aliphatic heterocycles. The molecule has 2 N–H and O–H groups in total. The molecule has 1 amide bonds. The van der Waals surface area contributed by atoms with Gasteiger partial charge < -0.3 is 19.8 Å². The maximum absolute atomic E-state index is 12.8. The fourth-order valence-electron chi connectivity index (χ4n) is 3.34. The maximum atomic E-state index is 12.8. The summed E-state index contributed by atoms with van der Waals surface area (Å²) < 4.78 is 11.2. The maximum Gasteiger partial charge on any atom is 0.261 e. The summed E-state index contributed by atoms with van der Waals surface area (Å²) in [6.45, 7) is 2.27. The van der Waals surface area contributed by atoms with Crippen LogP contribution in [0.25, 0.3) is 11.3 Å². The number of rotatable bonds is 7. The third-order valence-corrected chi connectivity index (χ3v) is 5.02. The van der Waals surface area contributed by atoms with Crippen LogP contribution < -0.4 is 20.3 Å². The third-order valence-electron chi connectivity index (χ3n) is 5.02. The van der Waals surface area contributed by atoms with Gasteiger partial charge in [0, 0.05) is 35.4 Å². The number of anilines is 1. The van der Waals surface area contributed by atoms with Crippen LogP contribution in [0.3, 0.4) is 0 Å². The van der Waals surface area contributed by atoms with E-state index in [1.54, 1.807) is 43.8 Å². The summed E-state index contributed by atoms with van der Waals surface area (Å²) >= 11 is 0. The minimum Gasteiger partial charge on any atom is -0.493 e. The average Bonchev–Trinajstić information content (AvgIpc) is 2.83. The van der Waals surface area contributed by atoms with Gasteiger partial charge in [-0.3, -0.25) is 14.6 Å². The van der Waals surface area contributed by atoms with Crippen molar-refractivity contribution >= 4 is 11.6 Å². The summed E-state index contributed by atoms with van der Waals surface area (Å²) in [5.41, 5.74) is 3.53. The Kier molecular flexibility index (Phi) is 6.50. The lowest BCUT2D eigenvalue weighted by atomic mass is 10.1. The standard InChI is InChI=1S/C26H23N3O4/c1-17-5-3-7-19(13-17)22-10-9-21(26(31)29-22)25(30)28-20-8-11-23(32-2)24(14-20)33-16-18-6-4-12-27-15-18/h3-15H,16H2,1-2H3,(H,28,30)(H,29,31). The lowest BCUT2D eigenvalue weighted by Gasteiger charge is -2.13. The normalized spacial score (nSPS) is 10.5. The smallest absolute Gasteiger partial charge is 0.261 e. The van der Waals surface area contributed by atoms with Gasteiger partial charge in [0.1, 0.15) is 12.2 Å². The van der Waals surface area contributed by atoms with Crippen molar-refractivity contribution in [2.24, 2.45) is 0 Å². The Bertz CT molecular complexity index is 1330. The molecule has 7 nitrogen and oxygen atoms in total. The second kappa shape index (κ2) is 9.82. The number of aromatic nitrogens is 2. The largest absolute Gasteiger partial charge is 0.493 e. The Morgan fingerprint density at radius 3 is 2.64 bits per heavy atom. The molecule has 0 bridgehead atoms. The van der Waals surface area contributed by atoms with Crippen molar-refractivity contribution in [3.05, 3.63) is 106 Å². The Morgan fingerprint density at radius 1 is 1.03 bits per heavy atom. The molecule has 0 aliphatic carbocycles. The summed E-state index contributed by atoms with van der Waals surface area (Å²) in [5.74, 6) is 0.468. The monoisotopic (exact) mass is 441 g/mol. The minimum absolute atomic E-state index is 0.0139. The molecule has 0 saturated heterocycles. The fourth-order valence-corrected chi connectivity index (χ4v) is 3.34. The number of pyridine rings is 2. The summed E-state index contributed by atoms with van der Waals surface area (Å²) in [6.07, 6.45) is 3.40. The molecule has 7 heteroatoms. The van der Waals surface area contributed by atoms with Gasteiger partial charge in [-0.1, -0.05) is 29.8 Å². The summed E-state index contributed by atoms with van der Waals surface area (Å²) in [5, 5.41) is 2.75. The van der Waals surface area contributed by atoms with E-state index in [2.05, 4.69) is 15.3 Å². The number of hydrogen-bond acceptors (Lipinski definition) is 5. The molecule has 4 aromatic rings. The molecule has 2 heterocycles. The average molecular weight is 441 g/mol. The molecule has 0 aliphatic rings. The molecule has 0 saturated carbocycles. The van der Waals surface area contributed by atoms with E-state index in [4.69, 9.17) is 9.47 Å². The molecular formula is C26H23N3O4. The van der Waals surface area contributed by atoms with Crippen molar-refractivity contribution in [1.82, 2.24) is 9.97 Å². The number of amides is 1. The van der Waals surface area contributed by atoms with Crippen molar-refractivity contribution < 1.29 is 14.3 Å². The van der Waals surface area contributed by atoms with E-state index in [9.17, 15) is 9.59 Å². The highest BCUT2D eigenvalue weighted by Gasteiger charge is 2.14. The second-order valence-corrected chi connectivity index (χ2v) is 7.45. The van der Waals surface area contributed by atoms with E-state index in [1.165, 1.54) is 6.07 Å². The molecule has 0 unspecified atom stereocenters. The van der Waals surface area contributed by atoms with E-state index in [0.717, 1.165) is 16.7 Å². The number of benzene rings is 2. The Labute approximate surface area is 191 Å². The molecule has 0 fully saturated rings. The first-order valence-corrected chi connectivity index (χ1v) is 10.3. The highest BCUT2D eigenvalue weighted by molar-refractivity contribution is 6.04. The predicted molar refractivity (Wildman–Crippen MR) is 127 cm³/mol. The van der Waals surface area contributed by atoms with Gasteiger partial charge in [-0.2, -0.15) is 0 Å². The quantitative estimate of drug-likeness (QED) is 0.438. The van der Waals surface area contributed by atoms with Crippen LogP contribution in [-0.4, -0.2) is 23.0 Å². The van der Waals surface area contributed by atoms with Crippen molar-refractivity contribution in [3.63, 3.8) is 0 Å². The molecule has 0 spiro atoms. The number of nitrogens with zero attached hydrogens (tertiary/aromatic N) is 1. The van der Waals surface area contributed by atoms with Crippen LogP contribution in [0.2, 0.25) is 0 Å². The lowest BCUT2D eigenvalue weighted by molar-refractivity contribution is 0.102. The number of H-pyrrole nitrogens is 1. The fraction of sp³-hybridized carbons (Fsp3) is 0.115. The summed E-state index contributed by atoms with van der Waals surface area (Å²) in [7, 11) is 1.54. The van der Waals surface area contributed by atoms with E-state index >= 15 is 0 Å². The van der Waals surface area contributed by atoms with E-state index in [-0.39, 0.29) is 5.56 Å². The van der Waals surface area contributed by atoms with E-state index < -0.39 is 11.5 Å². The summed E-state index contributed by atoms with van der Waals surface area (Å²) in [6, 6.07) is 19.8. The number of aryl methyl sites for hydroxylation is 1. The zero-order valence-electron chi connectivity index (χ0n) is 18.3. The number of nitrogens with one attached hydrogen (secondary N) is 2. The molecule has 0 atom stereocenters. The topological polar surface area (TPSA) is 93.3 Å². The number of carbonyl (C=O) groups is 1. The van der Waals surface area contributed by atoms with Gasteiger partial charge in [-0.15, -0.1) is 0 Å². The molecular weight excluding hydrogens is 418 g/mol. The molecule has 166 valence electrons. The molecule has 2 aromatic heterocycles. The highest BCUT2D eigenvalue weighted by atomic mass is 16.5. The Hall–Kier alpha value is -4.39. The zero-order valence-corrected chi connectivity index (χ0v) is 18.3. The van der Waals surface area contributed by atoms with Gasteiger partial charge >= 0.3 is 0 Å². The van der Waals surface area contributed by atoms with Crippen LogP contribution in [-0.2, 0) is 6.61 Å². The third kappa shape index (κ3) is 5.27. The van der Waals surface area contributed by atoms with Gasteiger partial charge in [0.25, 0.3) is 11.5 Å². The number of aromatic amines is 1. The minimum atomic E-state index is -0.518. The first kappa shape index (κ1) is 21.8. The Balaban J connectivity index is 1.51. The zero-order chi connectivity index (χ0) is 23.2. The van der Waals surface area contributed by atoms with Crippen LogP contribution in [0, 0.1) is 6.92 Å². The van der Waals surface area contributed by atoms with Gasteiger partial charge in [-0.05, 0) is 48.9 Å². The summed E-state index contributed by atoms with van der Waals surface area (Å²) in [4.78, 5) is 32.2. The van der Waals surface area contributed by atoms with Gasteiger partial charge in [-0.25, -0.2) is 0 Å². The Morgan fingerprint density at radius 2 is 1.91 bits per heavy atom. The van der Waals surface area contributed by atoms with Gasteiger partial charge in [0.05, 0.1) is 7.11 Å². The van der Waals surface area contributed by atoms with Crippen molar-refractivity contribution in [1.29, 1.82) is 0 Å². The number of hydrogen-bond donors (Lipinski definition) is 2. The van der Waals surface area contributed by atoms with Crippen LogP contribution in [0.15, 0.2) is 83.9 Å². The van der Waals surface area contributed by atoms with Crippen LogP contribution in [0.5, 0.6) is 11.5 Å². The van der Waals surface area contributed by atoms with Crippen molar-refractivity contribution in [2.75, 3.05) is 12.4 Å². The first-order valence-electron chi connectivity index (χ1n) is 10.3. The molecule has 33 heavy (non-hydrogen) atoms. The van der Waals surface area contributed by atoms with Crippen LogP contribution >= 0.6 is 0 Å². The van der Waals surface area contributed by atoms with Crippen molar-refractivity contribution in [2.45, 2.75) is 13.5 Å². The first-order chi connectivity index (χ1) is 16.0. The number of carbonyl (C=O) groups excluding carboxylic acids is 1. The molecule has 2 aromatic carbocycles. The van der Waals surface area contributed by atoms with Gasteiger partial charge in [0.15, 0.2) is 11.5 Å². The van der Waals surface area contributed by atoms with Gasteiger partial charge in [0.2, 0.25) is 0 Å². The molecule has 4 rings (SSSR count). The molecule has 0 radical (unpaired) electrons. The second-order valence-electron chi connectivity index (χ2n) is 7.45. The van der Waals surface area contributed by atoms with Crippen LogP contribution in [0.4, 0.5) is 5.69 Å². The number of methoxy groups -OCH3 is 1. The van der Waals surface area contributed by atoms with E-state index in [1.807, 2.05) is 43.3 Å². The lowest BCUT2D eigenvalue weighted by Crippen LogP contribution is -2.23. The van der Waals surface area contributed by atoms with Crippen molar-refractivity contribution in [3.8, 4) is 22.8 Å². The number of ether oxygens (including phenoxy) is 2.